The van der Waals surface area contributed by atoms with Gasteiger partial charge in [-0.2, -0.15) is 0 Å². The fourth-order valence-corrected chi connectivity index (χ4v) is 3.20. The highest BCUT2D eigenvalue weighted by molar-refractivity contribution is 5.99. The zero-order valence-corrected chi connectivity index (χ0v) is 16.9. The maximum atomic E-state index is 12.8. The molecule has 0 spiro atoms. The van der Waals surface area contributed by atoms with E-state index < -0.39 is 6.04 Å². The van der Waals surface area contributed by atoms with Crippen molar-refractivity contribution in [3.8, 4) is 6.08 Å². The Labute approximate surface area is 161 Å². The molecule has 1 amide bonds. The first-order valence-corrected chi connectivity index (χ1v) is 9.82. The Hall–Kier alpha value is -1.96. The lowest BCUT2D eigenvalue weighted by atomic mass is 9.88. The van der Waals surface area contributed by atoms with Crippen molar-refractivity contribution in [2.45, 2.75) is 58.4 Å². The number of carbonyl (C=O) groups is 2. The summed E-state index contributed by atoms with van der Waals surface area (Å²) in [6.07, 6.45) is 5.60. The highest BCUT2D eigenvalue weighted by Gasteiger charge is 2.30. The molecule has 1 aliphatic rings. The minimum Gasteiger partial charge on any atom is -0.447 e. The molecule has 1 fully saturated rings. The monoisotopic (exact) mass is 380 g/mol. The van der Waals surface area contributed by atoms with Crippen LogP contribution in [0, 0.1) is 11.8 Å². The fourth-order valence-electron chi connectivity index (χ4n) is 3.20. The van der Waals surface area contributed by atoms with Gasteiger partial charge in [0.2, 0.25) is 17.5 Å². The molecular weight excluding hydrogens is 348 g/mol. The summed E-state index contributed by atoms with van der Waals surface area (Å²) < 4.78 is 10.4. The van der Waals surface area contributed by atoms with Crippen molar-refractivity contribution in [2.75, 3.05) is 27.2 Å². The van der Waals surface area contributed by atoms with E-state index in [9.17, 15) is 9.59 Å². The van der Waals surface area contributed by atoms with Crippen molar-refractivity contribution < 1.29 is 18.8 Å². The summed E-state index contributed by atoms with van der Waals surface area (Å²) in [4.78, 5) is 31.4. The smallest absolute Gasteiger partial charge is 0.417 e. The molecule has 1 aliphatic carbocycles. The molecule has 8 heteroatoms. The van der Waals surface area contributed by atoms with Crippen molar-refractivity contribution in [3.63, 3.8) is 0 Å². The lowest BCUT2D eigenvalue weighted by Crippen LogP contribution is -2.45. The van der Waals surface area contributed by atoms with Crippen LogP contribution in [0.3, 0.4) is 0 Å². The van der Waals surface area contributed by atoms with Crippen LogP contribution in [0.5, 0.6) is 6.08 Å². The number of amides is 1. The Morgan fingerprint density at radius 2 is 1.96 bits per heavy atom. The second kappa shape index (κ2) is 10.4. The SMILES string of the molecule is CC(C)CC(NC(=O)C1CCCCC1)C(=O)c1noc(OCCN(C)C)n1. The molecule has 0 saturated heterocycles. The number of hydrogen-bond acceptors (Lipinski definition) is 7. The summed E-state index contributed by atoms with van der Waals surface area (Å²) in [6, 6.07) is -0.647. The van der Waals surface area contributed by atoms with Crippen LogP contribution in [0.1, 0.15) is 63.0 Å². The Morgan fingerprint density at radius 3 is 2.59 bits per heavy atom. The van der Waals surface area contributed by atoms with Gasteiger partial charge in [-0.15, -0.1) is 4.98 Å². The number of likely N-dealkylation sites (N-methyl/N-ethyl adjacent to an activating group) is 1. The average molecular weight is 380 g/mol. The van der Waals surface area contributed by atoms with E-state index in [1.54, 1.807) is 0 Å². The van der Waals surface area contributed by atoms with E-state index >= 15 is 0 Å². The van der Waals surface area contributed by atoms with Gasteiger partial charge in [0.15, 0.2) is 0 Å². The summed E-state index contributed by atoms with van der Waals surface area (Å²) in [6.45, 7) is 5.11. The van der Waals surface area contributed by atoms with Crippen LogP contribution in [-0.2, 0) is 4.79 Å². The van der Waals surface area contributed by atoms with Crippen LogP contribution >= 0.6 is 0 Å². The first-order valence-electron chi connectivity index (χ1n) is 9.82. The number of nitrogens with zero attached hydrogens (tertiary/aromatic N) is 3. The molecule has 1 atom stereocenters. The molecule has 0 radical (unpaired) electrons. The van der Waals surface area contributed by atoms with Crippen molar-refractivity contribution in [3.05, 3.63) is 5.82 Å². The minimum atomic E-state index is -0.647. The van der Waals surface area contributed by atoms with Crippen molar-refractivity contribution >= 4 is 11.7 Å². The molecule has 1 saturated carbocycles. The van der Waals surface area contributed by atoms with Gasteiger partial charge in [-0.1, -0.05) is 33.1 Å². The summed E-state index contributed by atoms with van der Waals surface area (Å²) in [5, 5.41) is 6.66. The number of Topliss-reactive ketones (excluding diaryl/α,β-unsaturated/α-hetero) is 1. The highest BCUT2D eigenvalue weighted by Crippen LogP contribution is 2.24. The molecule has 1 aromatic rings. The number of ketones is 1. The molecule has 27 heavy (non-hydrogen) atoms. The molecule has 1 N–H and O–H groups in total. The topological polar surface area (TPSA) is 97.6 Å². The summed E-state index contributed by atoms with van der Waals surface area (Å²) in [5.74, 6) is -0.187. The summed E-state index contributed by atoms with van der Waals surface area (Å²) >= 11 is 0. The Kier molecular flexibility index (Phi) is 8.22. The predicted octanol–water partition coefficient (Wildman–Crippen LogP) is 2.30. The lowest BCUT2D eigenvalue weighted by molar-refractivity contribution is -0.126. The van der Waals surface area contributed by atoms with Crippen LogP contribution in [0.2, 0.25) is 0 Å². The van der Waals surface area contributed by atoms with Gasteiger partial charge in [0, 0.05) is 12.5 Å². The maximum absolute atomic E-state index is 12.8. The van der Waals surface area contributed by atoms with Crippen LogP contribution in [-0.4, -0.2) is 60.0 Å². The predicted molar refractivity (Wildman–Crippen MR) is 101 cm³/mol. The number of aromatic nitrogens is 2. The molecule has 1 unspecified atom stereocenters. The van der Waals surface area contributed by atoms with Gasteiger partial charge in [-0.25, -0.2) is 0 Å². The molecule has 152 valence electrons. The third kappa shape index (κ3) is 6.93. The van der Waals surface area contributed by atoms with Gasteiger partial charge in [0.25, 0.3) is 0 Å². The fraction of sp³-hybridized carbons (Fsp3) is 0.789. The first kappa shape index (κ1) is 21.3. The average Bonchev–Trinajstić information content (AvgIpc) is 3.09. The summed E-state index contributed by atoms with van der Waals surface area (Å²) in [7, 11) is 3.86. The summed E-state index contributed by atoms with van der Waals surface area (Å²) in [5.41, 5.74) is 0. The van der Waals surface area contributed by atoms with Gasteiger partial charge in [-0.3, -0.25) is 14.1 Å². The number of carbonyl (C=O) groups excluding carboxylic acids is 2. The Balaban J connectivity index is 1.99. The van der Waals surface area contributed by atoms with E-state index in [2.05, 4.69) is 15.5 Å². The molecule has 8 nitrogen and oxygen atoms in total. The van der Waals surface area contributed by atoms with Gasteiger partial charge >= 0.3 is 6.08 Å². The quantitative estimate of drug-likeness (QED) is 0.622. The molecule has 0 aromatic carbocycles. The van der Waals surface area contributed by atoms with Gasteiger partial charge < -0.3 is 15.0 Å². The van der Waals surface area contributed by atoms with Crippen LogP contribution in [0.4, 0.5) is 0 Å². The Morgan fingerprint density at radius 1 is 1.26 bits per heavy atom. The molecular formula is C19H32N4O4. The van der Waals surface area contributed by atoms with E-state index in [0.29, 0.717) is 19.6 Å². The zero-order valence-electron chi connectivity index (χ0n) is 16.9. The van der Waals surface area contributed by atoms with Crippen LogP contribution in [0.25, 0.3) is 0 Å². The van der Waals surface area contributed by atoms with Crippen LogP contribution in [0.15, 0.2) is 4.52 Å². The van der Waals surface area contributed by atoms with Crippen LogP contribution < -0.4 is 10.1 Å². The van der Waals surface area contributed by atoms with Crippen molar-refractivity contribution in [2.24, 2.45) is 11.8 Å². The highest BCUT2D eigenvalue weighted by atomic mass is 16.6. The molecule has 0 bridgehead atoms. The number of ether oxygens (including phenoxy) is 1. The largest absolute Gasteiger partial charge is 0.447 e. The van der Waals surface area contributed by atoms with Crippen molar-refractivity contribution in [1.82, 2.24) is 20.4 Å². The van der Waals surface area contributed by atoms with E-state index in [1.807, 2.05) is 32.8 Å². The second-order valence-corrected chi connectivity index (χ2v) is 7.93. The van der Waals surface area contributed by atoms with Crippen molar-refractivity contribution in [1.29, 1.82) is 0 Å². The standard InChI is InChI=1S/C19H32N4O4/c1-13(2)12-15(20-18(25)14-8-6-5-7-9-14)16(24)17-21-19(27-22-17)26-11-10-23(3)4/h13-15H,5-12H2,1-4H3,(H,20,25). The number of rotatable bonds is 10. The van der Waals surface area contributed by atoms with E-state index in [0.717, 1.165) is 25.7 Å². The third-order valence-corrected chi connectivity index (χ3v) is 4.71. The Bertz CT molecular complexity index is 609. The minimum absolute atomic E-state index is 0.00333. The molecule has 2 rings (SSSR count). The second-order valence-electron chi connectivity index (χ2n) is 7.93. The zero-order chi connectivity index (χ0) is 19.8. The number of hydrogen-bond donors (Lipinski definition) is 1. The number of nitrogens with one attached hydrogen (secondary N) is 1. The van der Waals surface area contributed by atoms with E-state index in [-0.39, 0.29) is 35.4 Å². The molecule has 0 aliphatic heterocycles. The third-order valence-electron chi connectivity index (χ3n) is 4.71. The van der Waals surface area contributed by atoms with E-state index in [1.165, 1.54) is 6.42 Å². The molecule has 1 heterocycles. The van der Waals surface area contributed by atoms with Gasteiger partial charge in [0.1, 0.15) is 6.61 Å². The lowest BCUT2D eigenvalue weighted by Gasteiger charge is -2.24. The normalized spacial score (nSPS) is 16.5. The van der Waals surface area contributed by atoms with Gasteiger partial charge in [-0.05, 0) is 44.4 Å². The van der Waals surface area contributed by atoms with E-state index in [4.69, 9.17) is 9.26 Å². The maximum Gasteiger partial charge on any atom is 0.417 e. The first-order chi connectivity index (χ1) is 12.9. The molecule has 1 aromatic heterocycles. The van der Waals surface area contributed by atoms with Gasteiger partial charge in [0.05, 0.1) is 6.04 Å².